The monoisotopic (exact) mass is 257 g/mol. The fraction of sp³-hybridized carbons (Fsp3) is 0.333. The standard InChI is InChI=1S/C15H19N3O/c1-5-13(19)16-14-11(4)17-18-15(14)12-7-6-9(2)8-10(12)3/h6-8H,5H2,1-4H3,(H,16,19)(H,17,18). The Morgan fingerprint density at radius 3 is 2.68 bits per heavy atom. The van der Waals surface area contributed by atoms with Crippen LogP contribution in [0, 0.1) is 20.8 Å². The lowest BCUT2D eigenvalue weighted by Gasteiger charge is -2.08. The van der Waals surface area contributed by atoms with Crippen molar-refractivity contribution >= 4 is 11.6 Å². The molecule has 2 rings (SSSR count). The van der Waals surface area contributed by atoms with Crippen molar-refractivity contribution in [2.24, 2.45) is 0 Å². The van der Waals surface area contributed by atoms with Gasteiger partial charge >= 0.3 is 0 Å². The fourth-order valence-electron chi connectivity index (χ4n) is 2.08. The first-order valence-electron chi connectivity index (χ1n) is 6.45. The van der Waals surface area contributed by atoms with Crippen molar-refractivity contribution < 1.29 is 4.79 Å². The van der Waals surface area contributed by atoms with E-state index in [1.54, 1.807) is 0 Å². The molecule has 0 saturated heterocycles. The Morgan fingerprint density at radius 1 is 1.32 bits per heavy atom. The molecule has 0 aliphatic carbocycles. The van der Waals surface area contributed by atoms with E-state index in [-0.39, 0.29) is 5.91 Å². The Balaban J connectivity index is 2.48. The number of carbonyl (C=O) groups excluding carboxylic acids is 1. The number of aromatic nitrogens is 2. The average Bonchev–Trinajstić information content (AvgIpc) is 2.71. The Morgan fingerprint density at radius 2 is 2.05 bits per heavy atom. The molecule has 0 fully saturated rings. The average molecular weight is 257 g/mol. The third-order valence-corrected chi connectivity index (χ3v) is 3.17. The van der Waals surface area contributed by atoms with E-state index in [9.17, 15) is 4.79 Å². The number of carbonyl (C=O) groups is 1. The van der Waals surface area contributed by atoms with Crippen molar-refractivity contribution in [1.29, 1.82) is 0 Å². The quantitative estimate of drug-likeness (QED) is 0.885. The molecule has 0 aliphatic rings. The minimum absolute atomic E-state index is 0.00415. The first-order chi connectivity index (χ1) is 9.02. The molecule has 1 aromatic carbocycles. The molecule has 2 aromatic rings. The minimum atomic E-state index is -0.00415. The lowest BCUT2D eigenvalue weighted by atomic mass is 10.0. The Kier molecular flexibility index (Phi) is 3.69. The molecule has 0 unspecified atom stereocenters. The maximum Gasteiger partial charge on any atom is 0.224 e. The normalized spacial score (nSPS) is 10.5. The molecule has 0 spiro atoms. The molecule has 0 atom stereocenters. The van der Waals surface area contributed by atoms with E-state index in [2.05, 4.69) is 41.5 Å². The van der Waals surface area contributed by atoms with Gasteiger partial charge in [-0.15, -0.1) is 0 Å². The number of anilines is 1. The molecule has 4 nitrogen and oxygen atoms in total. The highest BCUT2D eigenvalue weighted by atomic mass is 16.1. The number of benzene rings is 1. The third kappa shape index (κ3) is 2.67. The van der Waals surface area contributed by atoms with Gasteiger partial charge in [0.25, 0.3) is 0 Å². The highest BCUT2D eigenvalue weighted by Gasteiger charge is 2.15. The number of aryl methyl sites for hydroxylation is 3. The first-order valence-corrected chi connectivity index (χ1v) is 6.45. The third-order valence-electron chi connectivity index (χ3n) is 3.17. The zero-order valence-corrected chi connectivity index (χ0v) is 11.8. The van der Waals surface area contributed by atoms with Gasteiger partial charge in [-0.1, -0.05) is 30.7 Å². The molecule has 4 heteroatoms. The van der Waals surface area contributed by atoms with Crippen LogP contribution in [0.2, 0.25) is 0 Å². The number of nitrogens with one attached hydrogen (secondary N) is 2. The van der Waals surface area contributed by atoms with Crippen LogP contribution >= 0.6 is 0 Å². The van der Waals surface area contributed by atoms with Gasteiger partial charge in [0.05, 0.1) is 11.4 Å². The fourth-order valence-corrected chi connectivity index (χ4v) is 2.08. The summed E-state index contributed by atoms with van der Waals surface area (Å²) in [5, 5.41) is 10.2. The number of aromatic amines is 1. The number of amides is 1. The molecular weight excluding hydrogens is 238 g/mol. The summed E-state index contributed by atoms with van der Waals surface area (Å²) in [6.45, 7) is 7.86. The second kappa shape index (κ2) is 5.26. The van der Waals surface area contributed by atoms with Crippen molar-refractivity contribution in [1.82, 2.24) is 10.2 Å². The molecule has 0 aliphatic heterocycles. The molecule has 0 radical (unpaired) electrons. The van der Waals surface area contributed by atoms with E-state index < -0.39 is 0 Å². The van der Waals surface area contributed by atoms with Gasteiger partial charge in [0.15, 0.2) is 0 Å². The molecule has 2 N–H and O–H groups in total. The van der Waals surface area contributed by atoms with Crippen LogP contribution in [0.25, 0.3) is 11.3 Å². The zero-order valence-electron chi connectivity index (χ0n) is 11.8. The summed E-state index contributed by atoms with van der Waals surface area (Å²) in [6, 6.07) is 6.21. The van der Waals surface area contributed by atoms with Crippen LogP contribution < -0.4 is 5.32 Å². The molecule has 19 heavy (non-hydrogen) atoms. The Bertz CT molecular complexity index is 614. The predicted octanol–water partition coefficient (Wildman–Crippen LogP) is 3.35. The lowest BCUT2D eigenvalue weighted by Crippen LogP contribution is -2.10. The van der Waals surface area contributed by atoms with Crippen LogP contribution in [0.3, 0.4) is 0 Å². The van der Waals surface area contributed by atoms with Gasteiger partial charge in [0.1, 0.15) is 5.69 Å². The smallest absolute Gasteiger partial charge is 0.224 e. The van der Waals surface area contributed by atoms with Crippen LogP contribution in [-0.2, 0) is 4.79 Å². The Labute approximate surface area is 113 Å². The number of H-pyrrole nitrogens is 1. The van der Waals surface area contributed by atoms with Gasteiger partial charge in [0, 0.05) is 12.0 Å². The van der Waals surface area contributed by atoms with Crippen LogP contribution in [0.4, 0.5) is 5.69 Å². The summed E-state index contributed by atoms with van der Waals surface area (Å²) in [5.74, 6) is -0.00415. The summed E-state index contributed by atoms with van der Waals surface area (Å²) in [4.78, 5) is 11.6. The van der Waals surface area contributed by atoms with E-state index in [4.69, 9.17) is 0 Å². The molecule has 0 bridgehead atoms. The van der Waals surface area contributed by atoms with Crippen LogP contribution in [0.5, 0.6) is 0 Å². The van der Waals surface area contributed by atoms with Gasteiger partial charge in [0.2, 0.25) is 5.91 Å². The largest absolute Gasteiger partial charge is 0.323 e. The van der Waals surface area contributed by atoms with Gasteiger partial charge < -0.3 is 5.32 Å². The molecule has 0 saturated carbocycles. The molecule has 1 heterocycles. The summed E-state index contributed by atoms with van der Waals surface area (Å²) in [6.07, 6.45) is 0.455. The predicted molar refractivity (Wildman–Crippen MR) is 77.2 cm³/mol. The summed E-state index contributed by atoms with van der Waals surface area (Å²) < 4.78 is 0. The van der Waals surface area contributed by atoms with Crippen molar-refractivity contribution in [3.8, 4) is 11.3 Å². The maximum atomic E-state index is 11.6. The van der Waals surface area contributed by atoms with Crippen molar-refractivity contribution in [3.63, 3.8) is 0 Å². The molecule has 100 valence electrons. The number of nitrogens with zero attached hydrogens (tertiary/aromatic N) is 1. The second-order valence-electron chi connectivity index (χ2n) is 4.79. The van der Waals surface area contributed by atoms with Crippen molar-refractivity contribution in [2.45, 2.75) is 34.1 Å². The van der Waals surface area contributed by atoms with E-state index in [0.717, 1.165) is 28.2 Å². The number of hydrogen-bond acceptors (Lipinski definition) is 2. The highest BCUT2D eigenvalue weighted by molar-refractivity contribution is 5.95. The molecule has 1 aromatic heterocycles. The minimum Gasteiger partial charge on any atom is -0.323 e. The van der Waals surface area contributed by atoms with Crippen LogP contribution in [0.15, 0.2) is 18.2 Å². The Hall–Kier alpha value is -2.10. The van der Waals surface area contributed by atoms with Gasteiger partial charge in [-0.2, -0.15) is 5.10 Å². The van der Waals surface area contributed by atoms with Gasteiger partial charge in [-0.05, 0) is 26.3 Å². The van der Waals surface area contributed by atoms with E-state index >= 15 is 0 Å². The molecule has 1 amide bonds. The van der Waals surface area contributed by atoms with Crippen LogP contribution in [-0.4, -0.2) is 16.1 Å². The number of hydrogen-bond donors (Lipinski definition) is 2. The van der Waals surface area contributed by atoms with Crippen molar-refractivity contribution in [3.05, 3.63) is 35.0 Å². The SMILES string of the molecule is CCC(=O)Nc1c(-c2ccc(C)cc2C)n[nH]c1C. The molecular formula is C15H19N3O. The lowest BCUT2D eigenvalue weighted by molar-refractivity contribution is -0.115. The maximum absolute atomic E-state index is 11.6. The first kappa shape index (κ1) is 13.3. The second-order valence-corrected chi connectivity index (χ2v) is 4.79. The topological polar surface area (TPSA) is 57.8 Å². The van der Waals surface area contributed by atoms with E-state index in [1.807, 2.05) is 19.9 Å². The van der Waals surface area contributed by atoms with E-state index in [0.29, 0.717) is 6.42 Å². The number of rotatable bonds is 3. The highest BCUT2D eigenvalue weighted by Crippen LogP contribution is 2.31. The van der Waals surface area contributed by atoms with Gasteiger partial charge in [-0.25, -0.2) is 0 Å². The van der Waals surface area contributed by atoms with Crippen molar-refractivity contribution in [2.75, 3.05) is 5.32 Å². The zero-order chi connectivity index (χ0) is 14.0. The summed E-state index contributed by atoms with van der Waals surface area (Å²) in [5.41, 5.74) is 5.86. The summed E-state index contributed by atoms with van der Waals surface area (Å²) in [7, 11) is 0. The van der Waals surface area contributed by atoms with Crippen LogP contribution in [0.1, 0.15) is 30.2 Å². The van der Waals surface area contributed by atoms with Gasteiger partial charge in [-0.3, -0.25) is 9.89 Å². The van der Waals surface area contributed by atoms with E-state index in [1.165, 1.54) is 5.56 Å². The summed E-state index contributed by atoms with van der Waals surface area (Å²) >= 11 is 0.